The predicted molar refractivity (Wildman–Crippen MR) is 96.6 cm³/mol. The minimum absolute atomic E-state index is 0.779. The molecule has 0 unspecified atom stereocenters. The molecule has 0 atom stereocenters. The second-order valence-corrected chi connectivity index (χ2v) is 5.56. The lowest BCUT2D eigenvalue weighted by molar-refractivity contribution is 0.153. The molecule has 2 nitrogen and oxygen atoms in total. The van der Waals surface area contributed by atoms with Crippen molar-refractivity contribution < 1.29 is 0 Å². The van der Waals surface area contributed by atoms with E-state index in [1.54, 1.807) is 0 Å². The summed E-state index contributed by atoms with van der Waals surface area (Å²) in [5.41, 5.74) is 1.21. The van der Waals surface area contributed by atoms with Gasteiger partial charge in [0.05, 0.1) is 0 Å². The molecular weight excluding hydrogens is 256 g/mol. The van der Waals surface area contributed by atoms with E-state index < -0.39 is 0 Å². The van der Waals surface area contributed by atoms with Crippen LogP contribution in [0.3, 0.4) is 0 Å². The molecule has 0 aromatic heterocycles. The van der Waals surface area contributed by atoms with Crippen LogP contribution in [0.4, 0.5) is 0 Å². The van der Waals surface area contributed by atoms with Gasteiger partial charge in [-0.3, -0.25) is 0 Å². The highest BCUT2D eigenvalue weighted by Gasteiger charge is 2.20. The summed E-state index contributed by atoms with van der Waals surface area (Å²) >= 11 is 0. The van der Waals surface area contributed by atoms with Crippen LogP contribution in [-0.4, -0.2) is 42.5 Å². The molecule has 0 spiro atoms. The largest absolute Gasteiger partial charge is 0.377 e. The van der Waals surface area contributed by atoms with Gasteiger partial charge >= 0.3 is 0 Å². The lowest BCUT2D eigenvalue weighted by atomic mass is 10.0. The van der Waals surface area contributed by atoms with Crippen LogP contribution in [0, 0.1) is 0 Å². The van der Waals surface area contributed by atoms with Crippen molar-refractivity contribution in [1.29, 1.82) is 0 Å². The molecule has 0 amide bonds. The zero-order valence-corrected chi connectivity index (χ0v) is 14.9. The molecule has 2 heteroatoms. The van der Waals surface area contributed by atoms with Gasteiger partial charge in [0, 0.05) is 19.1 Å². The first kappa shape index (κ1) is 20.0. The topological polar surface area (TPSA) is 6.48 Å². The van der Waals surface area contributed by atoms with Crippen LogP contribution in [0.25, 0.3) is 0 Å². The van der Waals surface area contributed by atoms with E-state index in [2.05, 4.69) is 55.6 Å². The summed E-state index contributed by atoms with van der Waals surface area (Å²) in [6.45, 7) is 15.7. The van der Waals surface area contributed by atoms with Crippen molar-refractivity contribution in [2.75, 3.05) is 26.7 Å². The Bertz CT molecular complexity index is 310. The molecule has 0 aromatic carbocycles. The normalized spacial score (nSPS) is 17.0. The summed E-state index contributed by atoms with van der Waals surface area (Å²) in [5, 5.41) is 0. The van der Waals surface area contributed by atoms with Gasteiger partial charge in [0.2, 0.25) is 0 Å². The molecule has 1 heterocycles. The molecule has 1 saturated heterocycles. The summed E-state index contributed by atoms with van der Waals surface area (Å²) in [4.78, 5) is 4.98. The number of hydrogen-bond donors (Lipinski definition) is 0. The summed E-state index contributed by atoms with van der Waals surface area (Å²) < 4.78 is 0. The van der Waals surface area contributed by atoms with Gasteiger partial charge in [-0.15, -0.1) is 0 Å². The highest BCUT2D eigenvalue weighted by molar-refractivity contribution is 5.19. The van der Waals surface area contributed by atoms with E-state index in [0.29, 0.717) is 0 Å². The van der Waals surface area contributed by atoms with Gasteiger partial charge in [-0.05, 0) is 52.1 Å². The Balaban J connectivity index is 0.00000191. The summed E-state index contributed by atoms with van der Waals surface area (Å²) in [6, 6.07) is 0.779. The summed E-state index contributed by atoms with van der Waals surface area (Å²) in [5.74, 6) is 0. The van der Waals surface area contributed by atoms with E-state index in [4.69, 9.17) is 0 Å². The van der Waals surface area contributed by atoms with Crippen LogP contribution in [-0.2, 0) is 0 Å². The molecule has 0 bridgehead atoms. The van der Waals surface area contributed by atoms with Crippen molar-refractivity contribution >= 4 is 0 Å². The third kappa shape index (κ3) is 8.77. The minimum atomic E-state index is 0.779. The standard InChI is InChI=1S/C17H30N2.C2H6/c1-5-7-12-18(4)17-10-14-19(15-11-17)13-8-9-16(3)6-2;1-2/h6,8-9,13,17H,2,5,7,10-12,14-15H2,1,3-4H3;1-2H3/b13-8+,16-9-;. The van der Waals surface area contributed by atoms with E-state index in [1.165, 1.54) is 50.9 Å². The number of allylic oxidation sites excluding steroid dienone is 4. The fourth-order valence-electron chi connectivity index (χ4n) is 2.45. The molecule has 0 aromatic rings. The first-order valence-corrected chi connectivity index (χ1v) is 8.59. The molecule has 1 fully saturated rings. The van der Waals surface area contributed by atoms with Crippen molar-refractivity contribution in [3.05, 3.63) is 36.6 Å². The summed E-state index contributed by atoms with van der Waals surface area (Å²) in [7, 11) is 2.28. The monoisotopic (exact) mass is 292 g/mol. The van der Waals surface area contributed by atoms with Crippen molar-refractivity contribution in [1.82, 2.24) is 9.80 Å². The predicted octanol–water partition coefficient (Wildman–Crippen LogP) is 4.85. The van der Waals surface area contributed by atoms with Crippen LogP contribution in [0.5, 0.6) is 0 Å². The average molecular weight is 293 g/mol. The second-order valence-electron chi connectivity index (χ2n) is 5.56. The van der Waals surface area contributed by atoms with Crippen LogP contribution >= 0.6 is 0 Å². The highest BCUT2D eigenvalue weighted by Crippen LogP contribution is 2.16. The quantitative estimate of drug-likeness (QED) is 0.619. The van der Waals surface area contributed by atoms with Gasteiger partial charge in [0.1, 0.15) is 0 Å². The van der Waals surface area contributed by atoms with Gasteiger partial charge in [-0.2, -0.15) is 0 Å². The number of likely N-dealkylation sites (tertiary alicyclic amines) is 1. The molecule has 0 aliphatic carbocycles. The highest BCUT2D eigenvalue weighted by atomic mass is 15.2. The number of unbranched alkanes of at least 4 members (excludes halogenated alkanes) is 1. The number of piperidine rings is 1. The fraction of sp³-hybridized carbons (Fsp3) is 0.684. The molecule has 0 saturated carbocycles. The van der Waals surface area contributed by atoms with E-state index in [0.717, 1.165) is 6.04 Å². The molecule has 122 valence electrons. The van der Waals surface area contributed by atoms with Crippen molar-refractivity contribution in [3.63, 3.8) is 0 Å². The van der Waals surface area contributed by atoms with Crippen molar-refractivity contribution in [2.24, 2.45) is 0 Å². The number of rotatable bonds is 7. The Morgan fingerprint density at radius 1 is 1.29 bits per heavy atom. The Labute approximate surface area is 133 Å². The van der Waals surface area contributed by atoms with Crippen LogP contribution in [0.1, 0.15) is 53.4 Å². The molecule has 0 radical (unpaired) electrons. The first-order valence-electron chi connectivity index (χ1n) is 8.59. The Morgan fingerprint density at radius 2 is 1.90 bits per heavy atom. The van der Waals surface area contributed by atoms with Crippen LogP contribution in [0.2, 0.25) is 0 Å². The van der Waals surface area contributed by atoms with Crippen molar-refractivity contribution in [3.8, 4) is 0 Å². The third-order valence-electron chi connectivity index (χ3n) is 3.96. The number of nitrogens with zero attached hydrogens (tertiary/aromatic N) is 2. The number of hydrogen-bond acceptors (Lipinski definition) is 2. The Morgan fingerprint density at radius 3 is 2.43 bits per heavy atom. The Hall–Kier alpha value is -1.02. The van der Waals surface area contributed by atoms with Gasteiger partial charge in [-0.1, -0.05) is 51.5 Å². The zero-order chi connectivity index (χ0) is 16.1. The van der Waals surface area contributed by atoms with Crippen LogP contribution < -0.4 is 0 Å². The Kier molecular flexibility index (Phi) is 12.1. The fourth-order valence-corrected chi connectivity index (χ4v) is 2.45. The molecule has 21 heavy (non-hydrogen) atoms. The van der Waals surface area contributed by atoms with Gasteiger partial charge in [-0.25, -0.2) is 0 Å². The second kappa shape index (κ2) is 12.7. The van der Waals surface area contributed by atoms with E-state index in [9.17, 15) is 0 Å². The van der Waals surface area contributed by atoms with E-state index in [-0.39, 0.29) is 0 Å². The van der Waals surface area contributed by atoms with Crippen molar-refractivity contribution in [2.45, 2.75) is 59.4 Å². The SMILES string of the molecule is C=C/C(C)=C\C=C\N1CCC(N(C)CCCC)CC1.CC. The minimum Gasteiger partial charge on any atom is -0.377 e. The zero-order valence-electron chi connectivity index (χ0n) is 14.9. The average Bonchev–Trinajstić information content (AvgIpc) is 2.54. The maximum absolute atomic E-state index is 3.76. The maximum Gasteiger partial charge on any atom is 0.0187 e. The van der Waals surface area contributed by atoms with Gasteiger partial charge in [0.25, 0.3) is 0 Å². The first-order chi connectivity index (χ1) is 10.2. The third-order valence-corrected chi connectivity index (χ3v) is 3.96. The smallest absolute Gasteiger partial charge is 0.0187 e. The summed E-state index contributed by atoms with van der Waals surface area (Å²) in [6.07, 6.45) is 13.5. The lowest BCUT2D eigenvalue weighted by Gasteiger charge is -2.36. The molecular formula is C19H36N2. The molecule has 1 rings (SSSR count). The van der Waals surface area contributed by atoms with E-state index in [1.807, 2.05) is 19.9 Å². The molecule has 1 aliphatic rings. The molecule has 1 aliphatic heterocycles. The van der Waals surface area contributed by atoms with Gasteiger partial charge in [0.15, 0.2) is 0 Å². The molecule has 0 N–H and O–H groups in total. The van der Waals surface area contributed by atoms with E-state index >= 15 is 0 Å². The van der Waals surface area contributed by atoms with Crippen LogP contribution in [0.15, 0.2) is 36.6 Å². The maximum atomic E-state index is 3.76. The lowest BCUT2D eigenvalue weighted by Crippen LogP contribution is -2.41. The van der Waals surface area contributed by atoms with Gasteiger partial charge < -0.3 is 9.80 Å².